The van der Waals surface area contributed by atoms with Crippen molar-refractivity contribution in [2.45, 2.75) is 24.9 Å². The van der Waals surface area contributed by atoms with E-state index in [1.807, 2.05) is 64.6 Å². The molecule has 2 N–H and O–H groups in total. The van der Waals surface area contributed by atoms with Gasteiger partial charge in [0.1, 0.15) is 11.5 Å². The van der Waals surface area contributed by atoms with Gasteiger partial charge in [-0.1, -0.05) is 24.3 Å². The Bertz CT molecular complexity index is 1550. The number of halogens is 2. The van der Waals surface area contributed by atoms with Gasteiger partial charge in [-0.15, -0.1) is 0 Å². The Morgan fingerprint density at radius 1 is 1.14 bits per heavy atom. The number of anilines is 1. The fraction of sp³-hybridized carbons (Fsp3) is 0.387. The Hall–Kier alpha value is -4.13. The standard InChI is InChI=1S/C31H38F2N8O2/c1-20-29(22-14-34-39(4)15-22)37-41(23-9-7-6-8-10-23)30(20)36-31(42)35-28-18-40(24(19-43-5)16-38(2)3)17-25(28)21-11-12-26(32)27(33)13-21/h6-15,24-25,28H,16-19H2,1-5H3,(H2,35,36,42)/t24?,25-,28+/m0/s1. The summed E-state index contributed by atoms with van der Waals surface area (Å²) in [5, 5.41) is 15.3. The van der Waals surface area contributed by atoms with Crippen LogP contribution in [0.1, 0.15) is 17.0 Å². The third-order valence-electron chi connectivity index (χ3n) is 7.82. The number of benzene rings is 2. The van der Waals surface area contributed by atoms with Crippen LogP contribution in [-0.4, -0.2) is 94.9 Å². The third-order valence-corrected chi connectivity index (χ3v) is 7.82. The van der Waals surface area contributed by atoms with E-state index in [-0.39, 0.29) is 18.0 Å². The fourth-order valence-electron chi connectivity index (χ4n) is 5.78. The van der Waals surface area contributed by atoms with Crippen molar-refractivity contribution in [3.8, 4) is 16.9 Å². The Kier molecular flexibility index (Phi) is 9.19. The molecule has 2 aromatic carbocycles. The maximum Gasteiger partial charge on any atom is 0.320 e. The number of aromatic nitrogens is 4. The minimum Gasteiger partial charge on any atom is -0.383 e. The quantitative estimate of drug-likeness (QED) is 0.289. The second-order valence-corrected chi connectivity index (χ2v) is 11.3. The van der Waals surface area contributed by atoms with E-state index in [0.29, 0.717) is 36.8 Å². The highest BCUT2D eigenvalue weighted by atomic mass is 19.2. The maximum absolute atomic E-state index is 14.3. The Morgan fingerprint density at radius 3 is 2.56 bits per heavy atom. The monoisotopic (exact) mass is 592 g/mol. The number of carbonyl (C=O) groups excluding carboxylic acids is 1. The van der Waals surface area contributed by atoms with Crippen LogP contribution in [0.15, 0.2) is 60.9 Å². The topological polar surface area (TPSA) is 92.5 Å². The maximum atomic E-state index is 14.3. The number of aryl methyl sites for hydroxylation is 1. The van der Waals surface area contributed by atoms with Crippen LogP contribution < -0.4 is 10.6 Å². The highest BCUT2D eigenvalue weighted by molar-refractivity contribution is 5.91. The average molecular weight is 593 g/mol. The van der Waals surface area contributed by atoms with Gasteiger partial charge in [0.25, 0.3) is 0 Å². The fourth-order valence-corrected chi connectivity index (χ4v) is 5.78. The molecule has 1 aliphatic heterocycles. The summed E-state index contributed by atoms with van der Waals surface area (Å²) in [4.78, 5) is 18.0. The first-order valence-corrected chi connectivity index (χ1v) is 14.2. The van der Waals surface area contributed by atoms with Crippen molar-refractivity contribution in [1.82, 2.24) is 34.7 Å². The molecule has 0 bridgehead atoms. The molecule has 1 aliphatic rings. The van der Waals surface area contributed by atoms with E-state index in [1.165, 1.54) is 6.07 Å². The van der Waals surface area contributed by atoms with Crippen LogP contribution in [0.5, 0.6) is 0 Å². The summed E-state index contributed by atoms with van der Waals surface area (Å²) in [6, 6.07) is 12.8. The van der Waals surface area contributed by atoms with Crippen molar-refractivity contribution in [3.63, 3.8) is 0 Å². The lowest BCUT2D eigenvalue weighted by Gasteiger charge is -2.29. The van der Waals surface area contributed by atoms with Gasteiger partial charge in [0.15, 0.2) is 11.6 Å². The molecule has 228 valence electrons. The number of carbonyl (C=O) groups is 1. The molecule has 0 saturated carbocycles. The minimum absolute atomic E-state index is 0.0476. The van der Waals surface area contributed by atoms with Crippen LogP contribution in [-0.2, 0) is 11.8 Å². The summed E-state index contributed by atoms with van der Waals surface area (Å²) in [5.74, 6) is -1.56. The summed E-state index contributed by atoms with van der Waals surface area (Å²) in [5.41, 5.74) is 3.72. The van der Waals surface area contributed by atoms with Crippen LogP contribution in [0.3, 0.4) is 0 Å². The Morgan fingerprint density at radius 2 is 1.91 bits per heavy atom. The Balaban J connectivity index is 1.44. The molecule has 2 aromatic heterocycles. The zero-order valence-corrected chi connectivity index (χ0v) is 25.1. The number of para-hydroxylation sites is 1. The molecule has 3 atom stereocenters. The number of likely N-dealkylation sites (N-methyl/N-ethyl adjacent to an activating group) is 1. The molecule has 1 saturated heterocycles. The highest BCUT2D eigenvalue weighted by Gasteiger charge is 2.38. The molecule has 5 rings (SSSR count). The van der Waals surface area contributed by atoms with E-state index in [2.05, 4.69) is 25.5 Å². The summed E-state index contributed by atoms with van der Waals surface area (Å²) in [7, 11) is 7.48. The number of amides is 2. The van der Waals surface area contributed by atoms with Gasteiger partial charge in [-0.3, -0.25) is 14.9 Å². The van der Waals surface area contributed by atoms with E-state index in [0.717, 1.165) is 29.4 Å². The number of methoxy groups -OCH3 is 1. The predicted octanol–water partition coefficient (Wildman–Crippen LogP) is 4.03. The van der Waals surface area contributed by atoms with Crippen LogP contribution in [0.2, 0.25) is 0 Å². The number of urea groups is 1. The lowest BCUT2D eigenvalue weighted by molar-refractivity contribution is 0.0864. The van der Waals surface area contributed by atoms with Gasteiger partial charge in [-0.25, -0.2) is 18.3 Å². The van der Waals surface area contributed by atoms with Gasteiger partial charge >= 0.3 is 6.03 Å². The second kappa shape index (κ2) is 13.0. The zero-order chi connectivity index (χ0) is 30.7. The van der Waals surface area contributed by atoms with Crippen LogP contribution in [0, 0.1) is 18.6 Å². The van der Waals surface area contributed by atoms with Gasteiger partial charge in [0.2, 0.25) is 0 Å². The third kappa shape index (κ3) is 6.76. The second-order valence-electron chi connectivity index (χ2n) is 11.3. The van der Waals surface area contributed by atoms with E-state index in [4.69, 9.17) is 9.84 Å². The molecular weight excluding hydrogens is 554 g/mol. The summed E-state index contributed by atoms with van der Waals surface area (Å²) < 4.78 is 37.1. The summed E-state index contributed by atoms with van der Waals surface area (Å²) in [6.07, 6.45) is 3.61. The van der Waals surface area contributed by atoms with E-state index in [1.54, 1.807) is 28.7 Å². The molecule has 4 aromatic rings. The molecule has 1 unspecified atom stereocenters. The van der Waals surface area contributed by atoms with Crippen LogP contribution in [0.4, 0.5) is 19.4 Å². The molecule has 12 heteroatoms. The predicted molar refractivity (Wildman–Crippen MR) is 161 cm³/mol. The van der Waals surface area contributed by atoms with Crippen molar-refractivity contribution < 1.29 is 18.3 Å². The van der Waals surface area contributed by atoms with Gasteiger partial charge in [-0.05, 0) is 50.8 Å². The summed E-state index contributed by atoms with van der Waals surface area (Å²) in [6.45, 7) is 4.20. The minimum atomic E-state index is -0.911. The van der Waals surface area contributed by atoms with Crippen molar-refractivity contribution in [3.05, 3.63) is 83.7 Å². The van der Waals surface area contributed by atoms with Gasteiger partial charge < -0.3 is 15.0 Å². The molecular formula is C31H38F2N8O2. The molecule has 2 amide bonds. The molecule has 0 aliphatic carbocycles. The molecule has 3 heterocycles. The number of nitrogens with one attached hydrogen (secondary N) is 2. The van der Waals surface area contributed by atoms with Crippen LogP contribution >= 0.6 is 0 Å². The molecule has 0 radical (unpaired) electrons. The zero-order valence-electron chi connectivity index (χ0n) is 25.1. The van der Waals surface area contributed by atoms with Crippen molar-refractivity contribution in [2.24, 2.45) is 7.05 Å². The van der Waals surface area contributed by atoms with Crippen molar-refractivity contribution in [2.75, 3.05) is 52.8 Å². The van der Waals surface area contributed by atoms with Crippen molar-refractivity contribution in [1.29, 1.82) is 0 Å². The van der Waals surface area contributed by atoms with Crippen LogP contribution in [0.25, 0.3) is 16.9 Å². The molecule has 0 spiro atoms. The smallest absolute Gasteiger partial charge is 0.320 e. The van der Waals surface area contributed by atoms with E-state index >= 15 is 0 Å². The molecule has 10 nitrogen and oxygen atoms in total. The molecule has 1 fully saturated rings. The normalized spacial score (nSPS) is 17.9. The SMILES string of the molecule is COCC(CN(C)C)N1C[C@@H](NC(=O)Nc2c(C)c(-c3cnn(C)c3)nn2-c2ccccc2)[C@H](c2ccc(F)c(F)c2)C1. The number of rotatable bonds is 10. The lowest BCUT2D eigenvalue weighted by Crippen LogP contribution is -2.46. The number of hydrogen-bond acceptors (Lipinski definition) is 6. The Labute approximate surface area is 250 Å². The number of hydrogen-bond donors (Lipinski definition) is 2. The molecule has 43 heavy (non-hydrogen) atoms. The lowest BCUT2D eigenvalue weighted by atomic mass is 9.94. The van der Waals surface area contributed by atoms with Gasteiger partial charge in [-0.2, -0.15) is 10.2 Å². The number of nitrogens with zero attached hydrogens (tertiary/aromatic N) is 6. The first-order valence-electron chi connectivity index (χ1n) is 14.2. The largest absolute Gasteiger partial charge is 0.383 e. The van der Waals surface area contributed by atoms with Gasteiger partial charge in [0, 0.05) is 63.1 Å². The first-order chi connectivity index (χ1) is 20.6. The van der Waals surface area contributed by atoms with E-state index < -0.39 is 17.7 Å². The van der Waals surface area contributed by atoms with E-state index in [9.17, 15) is 13.6 Å². The number of ether oxygens (including phenoxy) is 1. The first kappa shape index (κ1) is 30.3. The van der Waals surface area contributed by atoms with Crippen molar-refractivity contribution >= 4 is 11.8 Å². The average Bonchev–Trinajstić information content (AvgIpc) is 3.68. The highest BCUT2D eigenvalue weighted by Crippen LogP contribution is 2.32. The number of likely N-dealkylation sites (tertiary alicyclic amines) is 1. The van der Waals surface area contributed by atoms with Gasteiger partial charge in [0.05, 0.1) is 24.5 Å². The summed E-state index contributed by atoms with van der Waals surface area (Å²) >= 11 is 0.